The summed E-state index contributed by atoms with van der Waals surface area (Å²) in [4.78, 5) is 7.19. The van der Waals surface area contributed by atoms with Crippen LogP contribution in [0.15, 0.2) is 29.1 Å². The molecule has 1 atom stereocenters. The summed E-state index contributed by atoms with van der Waals surface area (Å²) in [5.41, 5.74) is 1.07. The molecule has 0 spiro atoms. The normalized spacial score (nSPS) is 12.9. The standard InChI is InChI=1S/C11H13ClN2O/c1-2-10-8(3-6-15-10)9(12)7-11-13-4-5-14-11/h3-6,9H,2,7H2,1H3,(H,13,14). The minimum Gasteiger partial charge on any atom is -0.469 e. The Labute approximate surface area is 93.5 Å². The van der Waals surface area contributed by atoms with Crippen molar-refractivity contribution in [2.45, 2.75) is 25.1 Å². The van der Waals surface area contributed by atoms with Gasteiger partial charge in [0.25, 0.3) is 0 Å². The molecule has 2 aromatic rings. The lowest BCUT2D eigenvalue weighted by Crippen LogP contribution is -1.99. The van der Waals surface area contributed by atoms with Crippen LogP contribution < -0.4 is 0 Å². The molecule has 1 unspecified atom stereocenters. The van der Waals surface area contributed by atoms with Crippen LogP contribution in [-0.4, -0.2) is 9.97 Å². The number of imidazole rings is 1. The molecule has 0 radical (unpaired) electrons. The maximum atomic E-state index is 6.30. The number of nitrogens with zero attached hydrogens (tertiary/aromatic N) is 1. The lowest BCUT2D eigenvalue weighted by molar-refractivity contribution is 0.510. The Balaban J connectivity index is 2.11. The number of H-pyrrole nitrogens is 1. The van der Waals surface area contributed by atoms with Crippen molar-refractivity contribution < 1.29 is 4.42 Å². The van der Waals surface area contributed by atoms with Gasteiger partial charge in [-0.2, -0.15) is 0 Å². The van der Waals surface area contributed by atoms with Crippen LogP contribution >= 0.6 is 11.6 Å². The van der Waals surface area contributed by atoms with E-state index in [1.165, 1.54) is 0 Å². The monoisotopic (exact) mass is 224 g/mol. The molecule has 0 aliphatic carbocycles. The summed E-state index contributed by atoms with van der Waals surface area (Å²) in [6.45, 7) is 2.05. The van der Waals surface area contributed by atoms with E-state index in [0.29, 0.717) is 6.42 Å². The topological polar surface area (TPSA) is 41.8 Å². The van der Waals surface area contributed by atoms with Crippen molar-refractivity contribution in [2.75, 3.05) is 0 Å². The second kappa shape index (κ2) is 4.53. The van der Waals surface area contributed by atoms with E-state index in [1.807, 2.05) is 6.07 Å². The van der Waals surface area contributed by atoms with Crippen molar-refractivity contribution in [1.29, 1.82) is 0 Å². The van der Waals surface area contributed by atoms with Gasteiger partial charge in [-0.25, -0.2) is 4.98 Å². The van der Waals surface area contributed by atoms with Crippen LogP contribution in [0, 0.1) is 0 Å². The first-order valence-corrected chi connectivity index (χ1v) is 5.43. The third-order valence-electron chi connectivity index (χ3n) is 2.37. The molecule has 0 saturated heterocycles. The minimum atomic E-state index is -0.0788. The smallest absolute Gasteiger partial charge is 0.108 e. The van der Waals surface area contributed by atoms with Crippen molar-refractivity contribution in [2.24, 2.45) is 0 Å². The summed E-state index contributed by atoms with van der Waals surface area (Å²) in [5, 5.41) is -0.0788. The fourth-order valence-corrected chi connectivity index (χ4v) is 1.95. The third kappa shape index (κ3) is 2.23. The fraction of sp³-hybridized carbons (Fsp3) is 0.364. The van der Waals surface area contributed by atoms with Gasteiger partial charge < -0.3 is 9.40 Å². The zero-order chi connectivity index (χ0) is 10.7. The number of aromatic amines is 1. The zero-order valence-corrected chi connectivity index (χ0v) is 9.29. The third-order valence-corrected chi connectivity index (χ3v) is 2.76. The number of rotatable bonds is 4. The molecule has 1 N–H and O–H groups in total. The molecular formula is C11H13ClN2O. The summed E-state index contributed by atoms with van der Waals surface area (Å²) in [6.07, 6.45) is 6.78. The van der Waals surface area contributed by atoms with Crippen molar-refractivity contribution in [3.05, 3.63) is 41.9 Å². The van der Waals surface area contributed by atoms with Crippen LogP contribution in [-0.2, 0) is 12.8 Å². The van der Waals surface area contributed by atoms with E-state index in [2.05, 4.69) is 16.9 Å². The Kier molecular flexibility index (Phi) is 3.11. The number of furan rings is 1. The van der Waals surface area contributed by atoms with Gasteiger partial charge in [0, 0.05) is 30.8 Å². The van der Waals surface area contributed by atoms with E-state index < -0.39 is 0 Å². The van der Waals surface area contributed by atoms with Gasteiger partial charge in [0.2, 0.25) is 0 Å². The molecule has 2 heterocycles. The molecule has 0 aliphatic heterocycles. The maximum absolute atomic E-state index is 6.30. The van der Waals surface area contributed by atoms with Gasteiger partial charge in [-0.1, -0.05) is 6.92 Å². The quantitative estimate of drug-likeness (QED) is 0.811. The summed E-state index contributed by atoms with van der Waals surface area (Å²) in [5.74, 6) is 1.86. The predicted octanol–water partition coefficient (Wildman–Crippen LogP) is 3.09. The molecule has 0 aromatic carbocycles. The molecule has 0 bridgehead atoms. The highest BCUT2D eigenvalue weighted by Crippen LogP contribution is 2.28. The van der Waals surface area contributed by atoms with Gasteiger partial charge in [0.05, 0.1) is 11.6 Å². The highest BCUT2D eigenvalue weighted by Gasteiger charge is 2.15. The van der Waals surface area contributed by atoms with Crippen LogP contribution in [0.1, 0.15) is 29.4 Å². The first kappa shape index (κ1) is 10.3. The van der Waals surface area contributed by atoms with Crippen LogP contribution in [0.4, 0.5) is 0 Å². The summed E-state index contributed by atoms with van der Waals surface area (Å²) >= 11 is 6.30. The second-order valence-electron chi connectivity index (χ2n) is 3.36. The molecule has 15 heavy (non-hydrogen) atoms. The molecule has 2 aromatic heterocycles. The highest BCUT2D eigenvalue weighted by atomic mass is 35.5. The summed E-state index contributed by atoms with van der Waals surface area (Å²) in [7, 11) is 0. The Bertz CT molecular complexity index is 408. The highest BCUT2D eigenvalue weighted by molar-refractivity contribution is 6.21. The number of halogens is 1. The largest absolute Gasteiger partial charge is 0.469 e. The van der Waals surface area contributed by atoms with Crippen LogP contribution in [0.3, 0.4) is 0 Å². The zero-order valence-electron chi connectivity index (χ0n) is 8.53. The number of nitrogens with one attached hydrogen (secondary N) is 1. The summed E-state index contributed by atoms with van der Waals surface area (Å²) in [6, 6.07) is 1.93. The average Bonchev–Trinajstić information content (AvgIpc) is 2.86. The Morgan fingerprint density at radius 2 is 2.47 bits per heavy atom. The number of hydrogen-bond donors (Lipinski definition) is 1. The second-order valence-corrected chi connectivity index (χ2v) is 3.89. The van der Waals surface area contributed by atoms with E-state index >= 15 is 0 Å². The lowest BCUT2D eigenvalue weighted by atomic mass is 10.1. The molecule has 2 rings (SSSR count). The Morgan fingerprint density at radius 3 is 3.13 bits per heavy atom. The molecule has 3 nitrogen and oxygen atoms in total. The van der Waals surface area contributed by atoms with E-state index in [4.69, 9.17) is 16.0 Å². The SMILES string of the molecule is CCc1occc1C(Cl)Cc1ncc[nH]1. The van der Waals surface area contributed by atoms with Crippen molar-refractivity contribution in [3.63, 3.8) is 0 Å². The van der Waals surface area contributed by atoms with Crippen LogP contribution in [0.5, 0.6) is 0 Å². The lowest BCUT2D eigenvalue weighted by Gasteiger charge is -2.06. The van der Waals surface area contributed by atoms with E-state index in [9.17, 15) is 0 Å². The molecule has 0 saturated carbocycles. The van der Waals surface area contributed by atoms with Crippen LogP contribution in [0.25, 0.3) is 0 Å². The number of alkyl halides is 1. The predicted molar refractivity (Wildman–Crippen MR) is 59.0 cm³/mol. The molecular weight excluding hydrogens is 212 g/mol. The van der Waals surface area contributed by atoms with Gasteiger partial charge in [-0.15, -0.1) is 11.6 Å². The van der Waals surface area contributed by atoms with Gasteiger partial charge >= 0.3 is 0 Å². The van der Waals surface area contributed by atoms with Gasteiger partial charge in [-0.3, -0.25) is 0 Å². The van der Waals surface area contributed by atoms with Gasteiger partial charge in [0.15, 0.2) is 0 Å². The molecule has 80 valence electrons. The number of hydrogen-bond acceptors (Lipinski definition) is 2. The fourth-order valence-electron chi connectivity index (χ4n) is 1.61. The molecule has 4 heteroatoms. The Morgan fingerprint density at radius 1 is 1.60 bits per heavy atom. The van der Waals surface area contributed by atoms with E-state index in [-0.39, 0.29) is 5.38 Å². The first-order valence-electron chi connectivity index (χ1n) is 5.00. The van der Waals surface area contributed by atoms with Gasteiger partial charge in [-0.05, 0) is 6.07 Å². The Hall–Kier alpha value is -1.22. The average molecular weight is 225 g/mol. The van der Waals surface area contributed by atoms with E-state index in [0.717, 1.165) is 23.6 Å². The minimum absolute atomic E-state index is 0.0788. The molecule has 0 fully saturated rings. The first-order chi connectivity index (χ1) is 7.31. The van der Waals surface area contributed by atoms with Crippen LogP contribution in [0.2, 0.25) is 0 Å². The van der Waals surface area contributed by atoms with E-state index in [1.54, 1.807) is 18.7 Å². The van der Waals surface area contributed by atoms with Crippen molar-refractivity contribution in [1.82, 2.24) is 9.97 Å². The number of aryl methyl sites for hydroxylation is 1. The molecule has 0 amide bonds. The van der Waals surface area contributed by atoms with Gasteiger partial charge in [0.1, 0.15) is 11.6 Å². The number of aromatic nitrogens is 2. The molecule has 0 aliphatic rings. The maximum Gasteiger partial charge on any atom is 0.108 e. The van der Waals surface area contributed by atoms with Crippen molar-refractivity contribution >= 4 is 11.6 Å². The summed E-state index contributed by atoms with van der Waals surface area (Å²) < 4.78 is 5.34. The van der Waals surface area contributed by atoms with Crippen molar-refractivity contribution in [3.8, 4) is 0 Å².